The predicted octanol–water partition coefficient (Wildman–Crippen LogP) is 5.04. The Hall–Kier alpha value is -2.30. The first-order valence-corrected chi connectivity index (χ1v) is 9.68. The molecule has 0 saturated carbocycles. The molecule has 0 amide bonds. The summed E-state index contributed by atoms with van der Waals surface area (Å²) < 4.78 is 27.8. The van der Waals surface area contributed by atoms with Crippen LogP contribution in [0.4, 0.5) is 5.69 Å². The lowest BCUT2D eigenvalue weighted by Gasteiger charge is -2.25. The zero-order chi connectivity index (χ0) is 17.9. The second kappa shape index (κ2) is 7.30. The molecule has 5 heteroatoms. The molecule has 0 bridgehead atoms. The van der Waals surface area contributed by atoms with Gasteiger partial charge in [0.15, 0.2) is 0 Å². The molecule has 0 atom stereocenters. The molecule has 0 aliphatic carbocycles. The van der Waals surface area contributed by atoms with Crippen LogP contribution in [-0.2, 0) is 16.6 Å². The van der Waals surface area contributed by atoms with Crippen molar-refractivity contribution in [3.05, 3.63) is 95.0 Å². The van der Waals surface area contributed by atoms with Crippen LogP contribution in [0.15, 0.2) is 83.8 Å². The molecule has 0 aliphatic heterocycles. The van der Waals surface area contributed by atoms with Crippen LogP contribution in [-0.4, -0.2) is 8.42 Å². The molecule has 0 fully saturated rings. The van der Waals surface area contributed by atoms with E-state index in [4.69, 9.17) is 11.6 Å². The van der Waals surface area contributed by atoms with Gasteiger partial charge in [-0.3, -0.25) is 4.31 Å². The zero-order valence-electron chi connectivity index (χ0n) is 13.8. The van der Waals surface area contributed by atoms with Gasteiger partial charge in [0.05, 0.1) is 17.1 Å². The monoisotopic (exact) mass is 371 g/mol. The SMILES string of the molecule is Cc1ccc(N(Cc2ccccc2Cl)S(=O)(=O)c2ccccc2)cc1. The van der Waals surface area contributed by atoms with Crippen LogP contribution < -0.4 is 4.31 Å². The average Bonchev–Trinajstić information content (AvgIpc) is 2.62. The van der Waals surface area contributed by atoms with Crippen molar-refractivity contribution in [3.63, 3.8) is 0 Å². The Bertz CT molecular complexity index is 955. The van der Waals surface area contributed by atoms with E-state index >= 15 is 0 Å². The number of hydrogen-bond donors (Lipinski definition) is 0. The first-order valence-electron chi connectivity index (χ1n) is 7.86. The van der Waals surface area contributed by atoms with Crippen LogP contribution in [0.2, 0.25) is 5.02 Å². The Morgan fingerprint density at radius 1 is 0.840 bits per heavy atom. The summed E-state index contributed by atoms with van der Waals surface area (Å²) in [6.45, 7) is 2.13. The number of sulfonamides is 1. The number of benzene rings is 3. The first kappa shape index (κ1) is 17.5. The van der Waals surface area contributed by atoms with E-state index in [9.17, 15) is 8.42 Å². The maximum absolute atomic E-state index is 13.2. The average molecular weight is 372 g/mol. The van der Waals surface area contributed by atoms with Crippen molar-refractivity contribution in [1.29, 1.82) is 0 Å². The van der Waals surface area contributed by atoms with Gasteiger partial charge in [0.25, 0.3) is 10.0 Å². The van der Waals surface area contributed by atoms with Crippen LogP contribution >= 0.6 is 11.6 Å². The normalized spacial score (nSPS) is 11.3. The molecule has 0 radical (unpaired) electrons. The van der Waals surface area contributed by atoms with Gasteiger partial charge < -0.3 is 0 Å². The van der Waals surface area contributed by atoms with Gasteiger partial charge in [-0.25, -0.2) is 8.42 Å². The highest BCUT2D eigenvalue weighted by atomic mass is 35.5. The third kappa shape index (κ3) is 3.86. The molecule has 3 aromatic rings. The second-order valence-corrected chi connectivity index (χ2v) is 8.02. The van der Waals surface area contributed by atoms with E-state index in [1.807, 2.05) is 49.4 Å². The van der Waals surface area contributed by atoms with Gasteiger partial charge in [0, 0.05) is 5.02 Å². The minimum atomic E-state index is -3.71. The van der Waals surface area contributed by atoms with Crippen molar-refractivity contribution in [2.45, 2.75) is 18.4 Å². The third-order valence-electron chi connectivity index (χ3n) is 3.92. The van der Waals surface area contributed by atoms with Gasteiger partial charge in [-0.15, -0.1) is 0 Å². The minimum absolute atomic E-state index is 0.167. The summed E-state index contributed by atoms with van der Waals surface area (Å²) >= 11 is 6.26. The quantitative estimate of drug-likeness (QED) is 0.629. The molecule has 0 heterocycles. The van der Waals surface area contributed by atoms with Crippen molar-refractivity contribution in [1.82, 2.24) is 0 Å². The summed E-state index contributed by atoms with van der Waals surface area (Å²) in [5.74, 6) is 0. The highest BCUT2D eigenvalue weighted by Gasteiger charge is 2.25. The molecule has 0 aliphatic rings. The summed E-state index contributed by atoms with van der Waals surface area (Å²) in [4.78, 5) is 0.252. The topological polar surface area (TPSA) is 37.4 Å². The van der Waals surface area contributed by atoms with E-state index in [0.717, 1.165) is 11.1 Å². The lowest BCUT2D eigenvalue weighted by Crippen LogP contribution is -2.30. The van der Waals surface area contributed by atoms with E-state index in [2.05, 4.69) is 0 Å². The molecule has 128 valence electrons. The number of halogens is 1. The number of rotatable bonds is 5. The number of nitrogens with zero attached hydrogens (tertiary/aromatic N) is 1. The van der Waals surface area contributed by atoms with Crippen LogP contribution in [0.5, 0.6) is 0 Å². The second-order valence-electron chi connectivity index (χ2n) is 5.75. The number of anilines is 1. The molecule has 0 spiro atoms. The summed E-state index contributed by atoms with van der Waals surface area (Å²) in [5, 5.41) is 0.544. The maximum atomic E-state index is 13.2. The fourth-order valence-corrected chi connectivity index (χ4v) is 4.19. The van der Waals surface area contributed by atoms with Gasteiger partial charge in [-0.2, -0.15) is 0 Å². The number of aryl methyl sites for hydroxylation is 1. The maximum Gasteiger partial charge on any atom is 0.264 e. The fraction of sp³-hybridized carbons (Fsp3) is 0.100. The van der Waals surface area contributed by atoms with E-state index in [1.54, 1.807) is 36.4 Å². The fourth-order valence-electron chi connectivity index (χ4n) is 2.53. The van der Waals surface area contributed by atoms with Crippen molar-refractivity contribution < 1.29 is 8.42 Å². The van der Waals surface area contributed by atoms with Gasteiger partial charge in [0.1, 0.15) is 0 Å². The standard InChI is InChI=1S/C20H18ClNO2S/c1-16-11-13-18(14-12-16)22(15-17-7-5-6-10-20(17)21)25(23,24)19-8-3-2-4-9-19/h2-14H,15H2,1H3. The van der Waals surface area contributed by atoms with Crippen LogP contribution in [0.25, 0.3) is 0 Å². The van der Waals surface area contributed by atoms with Crippen LogP contribution in [0.1, 0.15) is 11.1 Å². The molecule has 0 aromatic heterocycles. The first-order chi connectivity index (χ1) is 12.0. The summed E-state index contributed by atoms with van der Waals surface area (Å²) in [5.41, 5.74) is 2.43. The third-order valence-corrected chi connectivity index (χ3v) is 6.08. The Labute approximate surface area is 153 Å². The summed E-state index contributed by atoms with van der Waals surface area (Å²) in [6.07, 6.45) is 0. The van der Waals surface area contributed by atoms with Gasteiger partial charge >= 0.3 is 0 Å². The lowest BCUT2D eigenvalue weighted by molar-refractivity contribution is 0.590. The summed E-state index contributed by atoms with van der Waals surface area (Å²) in [6, 6.07) is 23.1. The molecule has 25 heavy (non-hydrogen) atoms. The highest BCUT2D eigenvalue weighted by molar-refractivity contribution is 7.92. The zero-order valence-corrected chi connectivity index (χ0v) is 15.3. The van der Waals surface area contributed by atoms with Crippen molar-refractivity contribution in [2.75, 3.05) is 4.31 Å². The Kier molecular flexibility index (Phi) is 5.11. The molecule has 3 nitrogen and oxygen atoms in total. The minimum Gasteiger partial charge on any atom is -0.262 e. The number of hydrogen-bond acceptors (Lipinski definition) is 2. The van der Waals surface area contributed by atoms with Crippen molar-refractivity contribution >= 4 is 27.3 Å². The molecule has 3 aromatic carbocycles. The van der Waals surface area contributed by atoms with Gasteiger partial charge in [-0.1, -0.05) is 65.7 Å². The molecular formula is C20H18ClNO2S. The Morgan fingerprint density at radius 2 is 1.44 bits per heavy atom. The molecule has 0 unspecified atom stereocenters. The summed E-state index contributed by atoms with van der Waals surface area (Å²) in [7, 11) is -3.71. The molecule has 0 N–H and O–H groups in total. The van der Waals surface area contributed by atoms with Crippen LogP contribution in [0.3, 0.4) is 0 Å². The highest BCUT2D eigenvalue weighted by Crippen LogP contribution is 2.28. The van der Waals surface area contributed by atoms with E-state index in [-0.39, 0.29) is 11.4 Å². The van der Waals surface area contributed by atoms with Crippen molar-refractivity contribution in [2.24, 2.45) is 0 Å². The van der Waals surface area contributed by atoms with E-state index in [0.29, 0.717) is 10.7 Å². The smallest absolute Gasteiger partial charge is 0.262 e. The van der Waals surface area contributed by atoms with Gasteiger partial charge in [-0.05, 0) is 42.8 Å². The van der Waals surface area contributed by atoms with E-state index < -0.39 is 10.0 Å². The molecular weight excluding hydrogens is 354 g/mol. The van der Waals surface area contributed by atoms with E-state index in [1.165, 1.54) is 4.31 Å². The molecule has 3 rings (SSSR count). The Balaban J connectivity index is 2.09. The van der Waals surface area contributed by atoms with Crippen molar-refractivity contribution in [3.8, 4) is 0 Å². The molecule has 0 saturated heterocycles. The Morgan fingerprint density at radius 3 is 2.08 bits per heavy atom. The largest absolute Gasteiger partial charge is 0.264 e. The van der Waals surface area contributed by atoms with Crippen LogP contribution in [0, 0.1) is 6.92 Å². The lowest BCUT2D eigenvalue weighted by atomic mass is 10.2. The predicted molar refractivity (Wildman–Crippen MR) is 102 cm³/mol. The van der Waals surface area contributed by atoms with Gasteiger partial charge in [0.2, 0.25) is 0 Å².